The molecule has 8 nitrogen and oxygen atoms in total. The Hall–Kier alpha value is -4.07. The van der Waals surface area contributed by atoms with Crippen molar-refractivity contribution in [2.75, 3.05) is 4.90 Å². The number of amides is 2. The van der Waals surface area contributed by atoms with Gasteiger partial charge < -0.3 is 10.6 Å². The molecule has 3 aromatic heterocycles. The van der Waals surface area contributed by atoms with Crippen LogP contribution in [0.1, 0.15) is 23.0 Å². The van der Waals surface area contributed by atoms with Gasteiger partial charge in [-0.05, 0) is 36.4 Å². The van der Waals surface area contributed by atoms with E-state index in [2.05, 4.69) is 21.4 Å². The number of nitrogens with zero attached hydrogens (tertiary/aromatic N) is 5. The number of rotatable bonds is 5. The Morgan fingerprint density at radius 3 is 2.55 bits per heavy atom. The Balaban J connectivity index is 1.68. The average Bonchev–Trinajstić information content (AvgIpc) is 3.22. The highest BCUT2D eigenvalue weighted by molar-refractivity contribution is 5.99. The topological polar surface area (TPSA) is 106 Å². The summed E-state index contributed by atoms with van der Waals surface area (Å²) in [5, 5.41) is 4.08. The maximum absolute atomic E-state index is 12.2. The van der Waals surface area contributed by atoms with E-state index in [1.165, 1.54) is 11.4 Å². The van der Waals surface area contributed by atoms with E-state index >= 15 is 0 Å². The molecule has 29 heavy (non-hydrogen) atoms. The third kappa shape index (κ3) is 3.55. The molecule has 0 saturated carbocycles. The van der Waals surface area contributed by atoms with E-state index in [0.29, 0.717) is 12.2 Å². The molecule has 0 unspecified atom stereocenters. The molecule has 1 aromatic carbocycles. The van der Waals surface area contributed by atoms with E-state index in [9.17, 15) is 9.59 Å². The van der Waals surface area contributed by atoms with E-state index in [-0.39, 0.29) is 11.5 Å². The summed E-state index contributed by atoms with van der Waals surface area (Å²) in [4.78, 5) is 33.7. The van der Waals surface area contributed by atoms with Crippen molar-refractivity contribution in [2.45, 2.75) is 13.5 Å². The fraction of sp³-hybridized carbons (Fsp3) is 0.0952. The number of hydrogen-bond donors (Lipinski definition) is 1. The lowest BCUT2D eigenvalue weighted by Gasteiger charge is -2.21. The van der Waals surface area contributed by atoms with Crippen molar-refractivity contribution in [3.8, 4) is 11.3 Å². The molecule has 0 fully saturated rings. The van der Waals surface area contributed by atoms with Crippen molar-refractivity contribution in [3.05, 3.63) is 78.4 Å². The van der Waals surface area contributed by atoms with Gasteiger partial charge in [0.15, 0.2) is 5.65 Å². The van der Waals surface area contributed by atoms with Crippen LogP contribution in [0.4, 0.5) is 5.69 Å². The summed E-state index contributed by atoms with van der Waals surface area (Å²) in [5.41, 5.74) is 9.14. The van der Waals surface area contributed by atoms with E-state index in [0.717, 1.165) is 22.6 Å². The highest BCUT2D eigenvalue weighted by Crippen LogP contribution is 2.25. The molecule has 2 N–H and O–H groups in total. The standard InChI is InChI=1S/C21H17N6O2/c1-14(28)26(12-16-4-2-3-11-23-16)17-7-5-15(6-8-17)19-10-9-18(20(22)29)21-24-13-25-27(19)21/h2-11H,12H2,1H3,(H2,22,29). The number of primary amides is 1. The third-order valence-electron chi connectivity index (χ3n) is 4.54. The molecule has 0 spiro atoms. The highest BCUT2D eigenvalue weighted by Gasteiger charge is 2.16. The quantitative estimate of drug-likeness (QED) is 0.567. The van der Waals surface area contributed by atoms with Crippen LogP contribution in [-0.2, 0) is 11.3 Å². The summed E-state index contributed by atoms with van der Waals surface area (Å²) in [6.07, 6.45) is 4.21. The van der Waals surface area contributed by atoms with Crippen LogP contribution in [0.15, 0.2) is 60.8 Å². The first-order valence-electron chi connectivity index (χ1n) is 8.88. The monoisotopic (exact) mass is 385 g/mol. The van der Waals surface area contributed by atoms with Gasteiger partial charge in [0.2, 0.25) is 12.2 Å². The molecule has 0 saturated heterocycles. The zero-order valence-corrected chi connectivity index (χ0v) is 15.6. The van der Waals surface area contributed by atoms with E-state index < -0.39 is 5.91 Å². The van der Waals surface area contributed by atoms with Gasteiger partial charge in [0.05, 0.1) is 23.5 Å². The summed E-state index contributed by atoms with van der Waals surface area (Å²) in [7, 11) is 0. The Morgan fingerprint density at radius 1 is 1.10 bits per heavy atom. The number of carbonyl (C=O) groups excluding carboxylic acids is 2. The number of aromatic nitrogens is 4. The number of hydrogen-bond acceptors (Lipinski definition) is 5. The minimum Gasteiger partial charge on any atom is -0.365 e. The van der Waals surface area contributed by atoms with Gasteiger partial charge in [-0.1, -0.05) is 18.2 Å². The predicted octanol–water partition coefficient (Wildman–Crippen LogP) is 2.24. The van der Waals surface area contributed by atoms with Crippen molar-refractivity contribution >= 4 is 23.1 Å². The summed E-state index contributed by atoms with van der Waals surface area (Å²) >= 11 is 0. The van der Waals surface area contributed by atoms with Crippen LogP contribution < -0.4 is 10.6 Å². The van der Waals surface area contributed by atoms with Crippen LogP contribution in [0, 0.1) is 6.33 Å². The van der Waals surface area contributed by atoms with E-state index in [1.807, 2.05) is 42.5 Å². The van der Waals surface area contributed by atoms with E-state index in [4.69, 9.17) is 5.73 Å². The molecule has 0 aliphatic carbocycles. The Bertz CT molecular complexity index is 1190. The highest BCUT2D eigenvalue weighted by atomic mass is 16.2. The number of pyridine rings is 2. The molecular formula is C21H17N6O2. The Kier molecular flexibility index (Phi) is 4.74. The summed E-state index contributed by atoms with van der Waals surface area (Å²) in [6.45, 7) is 1.90. The van der Waals surface area contributed by atoms with Crippen LogP contribution >= 0.6 is 0 Å². The van der Waals surface area contributed by atoms with Gasteiger partial charge in [0.25, 0.3) is 5.91 Å². The molecule has 4 aromatic rings. The van der Waals surface area contributed by atoms with Gasteiger partial charge in [-0.3, -0.25) is 14.6 Å². The van der Waals surface area contributed by atoms with Gasteiger partial charge in [0, 0.05) is 24.4 Å². The van der Waals surface area contributed by atoms with Gasteiger partial charge in [-0.25, -0.2) is 9.50 Å². The fourth-order valence-electron chi connectivity index (χ4n) is 3.12. The smallest absolute Gasteiger partial charge is 0.252 e. The van der Waals surface area contributed by atoms with E-state index in [1.54, 1.807) is 23.2 Å². The third-order valence-corrected chi connectivity index (χ3v) is 4.54. The van der Waals surface area contributed by atoms with Crippen LogP contribution in [0.2, 0.25) is 0 Å². The first kappa shape index (κ1) is 18.3. The number of anilines is 1. The van der Waals surface area contributed by atoms with Crippen molar-refractivity contribution in [1.82, 2.24) is 19.6 Å². The molecule has 0 aliphatic heterocycles. The molecular weight excluding hydrogens is 368 g/mol. The first-order chi connectivity index (χ1) is 14.0. The van der Waals surface area contributed by atoms with Gasteiger partial charge in [0.1, 0.15) is 0 Å². The molecule has 3 heterocycles. The summed E-state index contributed by atoms with van der Waals surface area (Å²) < 4.78 is 1.52. The second kappa shape index (κ2) is 7.51. The minimum absolute atomic E-state index is 0.0810. The molecule has 143 valence electrons. The zero-order chi connectivity index (χ0) is 20.4. The van der Waals surface area contributed by atoms with Crippen molar-refractivity contribution < 1.29 is 9.59 Å². The lowest BCUT2D eigenvalue weighted by Crippen LogP contribution is -2.28. The Labute approximate surface area is 166 Å². The fourth-order valence-corrected chi connectivity index (χ4v) is 3.12. The maximum Gasteiger partial charge on any atom is 0.252 e. The van der Waals surface area contributed by atoms with Gasteiger partial charge >= 0.3 is 0 Å². The molecule has 4 rings (SSSR count). The Morgan fingerprint density at radius 2 is 1.90 bits per heavy atom. The van der Waals surface area contributed by atoms with Gasteiger partial charge in [-0.2, -0.15) is 0 Å². The predicted molar refractivity (Wildman–Crippen MR) is 107 cm³/mol. The van der Waals surface area contributed by atoms with Crippen molar-refractivity contribution in [3.63, 3.8) is 0 Å². The van der Waals surface area contributed by atoms with Crippen LogP contribution in [0.25, 0.3) is 16.9 Å². The largest absolute Gasteiger partial charge is 0.365 e. The molecule has 0 aliphatic rings. The molecule has 0 atom stereocenters. The van der Waals surface area contributed by atoms with Crippen molar-refractivity contribution in [2.24, 2.45) is 5.73 Å². The molecule has 1 radical (unpaired) electrons. The lowest BCUT2D eigenvalue weighted by atomic mass is 10.1. The molecule has 8 heteroatoms. The number of carbonyl (C=O) groups is 2. The van der Waals surface area contributed by atoms with Crippen LogP contribution in [0.5, 0.6) is 0 Å². The number of fused-ring (bicyclic) bond motifs is 1. The normalized spacial score (nSPS) is 10.8. The lowest BCUT2D eigenvalue weighted by molar-refractivity contribution is -0.116. The zero-order valence-electron chi connectivity index (χ0n) is 15.6. The van der Waals surface area contributed by atoms with Crippen LogP contribution in [0.3, 0.4) is 0 Å². The molecule has 0 bridgehead atoms. The SMILES string of the molecule is CC(=O)N(Cc1ccccn1)c1ccc(-c2ccc(C(N)=O)c3n[c]nn23)cc1. The maximum atomic E-state index is 12.2. The number of benzene rings is 1. The summed E-state index contributed by atoms with van der Waals surface area (Å²) in [5.74, 6) is -0.660. The van der Waals surface area contributed by atoms with Crippen LogP contribution in [-0.4, -0.2) is 31.4 Å². The van der Waals surface area contributed by atoms with Gasteiger partial charge in [-0.15, -0.1) is 5.10 Å². The van der Waals surface area contributed by atoms with Crippen molar-refractivity contribution in [1.29, 1.82) is 0 Å². The number of nitrogens with two attached hydrogens (primary N) is 1. The second-order valence-corrected chi connectivity index (χ2v) is 6.42. The first-order valence-corrected chi connectivity index (χ1v) is 8.88. The minimum atomic E-state index is -0.579. The second-order valence-electron chi connectivity index (χ2n) is 6.42. The molecule has 2 amide bonds. The average molecular weight is 385 g/mol. The summed E-state index contributed by atoms with van der Waals surface area (Å²) in [6, 6.07) is 16.4.